The highest BCUT2D eigenvalue weighted by molar-refractivity contribution is 7.15. The van der Waals surface area contributed by atoms with Gasteiger partial charge in [0.25, 0.3) is 0 Å². The van der Waals surface area contributed by atoms with Crippen LogP contribution < -0.4 is 11.1 Å². The largest absolute Gasteiger partial charge is 0.320 e. The molecule has 4 rings (SSSR count). The minimum Gasteiger partial charge on any atom is -0.320 e. The first-order chi connectivity index (χ1) is 13.7. The average Bonchev–Trinajstić information content (AvgIpc) is 3.11. The van der Waals surface area contributed by atoms with Crippen LogP contribution in [0, 0.1) is 0 Å². The molecule has 1 aliphatic heterocycles. The minimum absolute atomic E-state index is 0.184. The number of thiazole rings is 1. The Bertz CT molecular complexity index is 926. The Hall–Kier alpha value is -2.54. The molecular formula is C22H24N4OS. The summed E-state index contributed by atoms with van der Waals surface area (Å²) in [4.78, 5) is 20.7. The maximum Gasteiger partial charge on any atom is 0.243 e. The Morgan fingerprint density at radius 1 is 1.11 bits per heavy atom. The zero-order chi connectivity index (χ0) is 19.3. The summed E-state index contributed by atoms with van der Waals surface area (Å²) in [5.41, 5.74) is 9.55. The SMILES string of the molecule is NC(Cc1ccccc1)C(=O)Nc1nc2c(s1)CN(Cc1ccccc1)CC2. The molecule has 3 aromatic rings. The molecule has 0 saturated heterocycles. The van der Waals surface area contributed by atoms with Crippen LogP contribution in [0.3, 0.4) is 0 Å². The molecule has 0 radical (unpaired) electrons. The van der Waals surface area contributed by atoms with Crippen LogP contribution in [-0.4, -0.2) is 28.4 Å². The van der Waals surface area contributed by atoms with Crippen molar-refractivity contribution in [1.29, 1.82) is 0 Å². The monoisotopic (exact) mass is 392 g/mol. The maximum atomic E-state index is 12.5. The van der Waals surface area contributed by atoms with Gasteiger partial charge in [-0.2, -0.15) is 0 Å². The average molecular weight is 393 g/mol. The number of fused-ring (bicyclic) bond motifs is 1. The molecule has 1 aromatic heterocycles. The normalized spacial score (nSPS) is 15.0. The molecule has 0 spiro atoms. The molecule has 1 atom stereocenters. The molecule has 1 amide bonds. The van der Waals surface area contributed by atoms with Crippen LogP contribution >= 0.6 is 11.3 Å². The van der Waals surface area contributed by atoms with Crippen LogP contribution in [0.15, 0.2) is 60.7 Å². The standard InChI is InChI=1S/C22H24N4OS/c23-18(13-16-7-3-1-4-8-16)21(27)25-22-24-19-11-12-26(15-20(19)28-22)14-17-9-5-2-6-10-17/h1-10,18H,11-15,23H2,(H,24,25,27). The number of carbonyl (C=O) groups is 1. The smallest absolute Gasteiger partial charge is 0.243 e. The first-order valence-corrected chi connectivity index (χ1v) is 10.3. The van der Waals surface area contributed by atoms with E-state index in [-0.39, 0.29) is 5.91 Å². The van der Waals surface area contributed by atoms with Gasteiger partial charge in [-0.3, -0.25) is 9.69 Å². The maximum absolute atomic E-state index is 12.5. The number of nitrogens with one attached hydrogen (secondary N) is 1. The van der Waals surface area contributed by atoms with Crippen molar-refractivity contribution in [3.8, 4) is 0 Å². The highest BCUT2D eigenvalue weighted by atomic mass is 32.1. The number of anilines is 1. The molecule has 1 aliphatic rings. The van der Waals surface area contributed by atoms with Crippen molar-refractivity contribution in [1.82, 2.24) is 9.88 Å². The lowest BCUT2D eigenvalue weighted by Crippen LogP contribution is -2.37. The molecule has 144 valence electrons. The van der Waals surface area contributed by atoms with Gasteiger partial charge in [-0.05, 0) is 17.5 Å². The molecule has 0 bridgehead atoms. The van der Waals surface area contributed by atoms with Crippen molar-refractivity contribution in [3.63, 3.8) is 0 Å². The van der Waals surface area contributed by atoms with Gasteiger partial charge in [0.05, 0.1) is 11.7 Å². The van der Waals surface area contributed by atoms with E-state index in [2.05, 4.69) is 39.5 Å². The summed E-state index contributed by atoms with van der Waals surface area (Å²) in [5, 5.41) is 3.56. The van der Waals surface area contributed by atoms with Gasteiger partial charge in [-0.25, -0.2) is 4.98 Å². The molecule has 0 saturated carbocycles. The van der Waals surface area contributed by atoms with Gasteiger partial charge in [-0.15, -0.1) is 11.3 Å². The predicted octanol–water partition coefficient (Wildman–Crippen LogP) is 3.21. The molecular weight excluding hydrogens is 368 g/mol. The van der Waals surface area contributed by atoms with E-state index in [1.807, 2.05) is 36.4 Å². The summed E-state index contributed by atoms with van der Waals surface area (Å²) in [7, 11) is 0. The summed E-state index contributed by atoms with van der Waals surface area (Å²) in [5.74, 6) is -0.184. The van der Waals surface area contributed by atoms with E-state index in [0.717, 1.165) is 37.3 Å². The fourth-order valence-electron chi connectivity index (χ4n) is 3.44. The third-order valence-corrected chi connectivity index (χ3v) is 5.92. The number of aromatic nitrogens is 1. The second kappa shape index (κ2) is 8.65. The quantitative estimate of drug-likeness (QED) is 0.676. The van der Waals surface area contributed by atoms with Crippen molar-refractivity contribution >= 4 is 22.4 Å². The third-order valence-electron chi connectivity index (χ3n) is 4.92. The van der Waals surface area contributed by atoms with Crippen LogP contribution in [0.4, 0.5) is 5.13 Å². The first-order valence-electron chi connectivity index (χ1n) is 9.52. The lowest BCUT2D eigenvalue weighted by Gasteiger charge is -2.25. The fourth-order valence-corrected chi connectivity index (χ4v) is 4.49. The predicted molar refractivity (Wildman–Crippen MR) is 113 cm³/mol. The number of amides is 1. The van der Waals surface area contributed by atoms with Crippen molar-refractivity contribution in [2.24, 2.45) is 5.73 Å². The Morgan fingerprint density at radius 3 is 2.50 bits per heavy atom. The number of benzene rings is 2. The van der Waals surface area contributed by atoms with E-state index in [4.69, 9.17) is 5.73 Å². The molecule has 6 heteroatoms. The molecule has 3 N–H and O–H groups in total. The lowest BCUT2D eigenvalue weighted by molar-refractivity contribution is -0.117. The summed E-state index contributed by atoms with van der Waals surface area (Å²) in [6.07, 6.45) is 1.42. The Labute approximate surface area is 169 Å². The van der Waals surface area contributed by atoms with E-state index < -0.39 is 6.04 Å². The third kappa shape index (κ3) is 4.65. The number of carbonyl (C=O) groups excluding carboxylic acids is 1. The molecule has 2 aromatic carbocycles. The van der Waals surface area contributed by atoms with Gasteiger partial charge < -0.3 is 11.1 Å². The molecule has 2 heterocycles. The number of rotatable bonds is 6. The van der Waals surface area contributed by atoms with Crippen molar-refractivity contribution in [3.05, 3.63) is 82.4 Å². The molecule has 28 heavy (non-hydrogen) atoms. The van der Waals surface area contributed by atoms with Crippen LogP contribution in [0.25, 0.3) is 0 Å². The zero-order valence-corrected chi connectivity index (χ0v) is 16.5. The van der Waals surface area contributed by atoms with Gasteiger partial charge in [0, 0.05) is 30.9 Å². The Balaban J connectivity index is 1.35. The van der Waals surface area contributed by atoms with Crippen LogP contribution in [0.5, 0.6) is 0 Å². The summed E-state index contributed by atoms with van der Waals surface area (Å²) < 4.78 is 0. The Kier molecular flexibility index (Phi) is 5.81. The highest BCUT2D eigenvalue weighted by Gasteiger charge is 2.22. The van der Waals surface area contributed by atoms with Crippen molar-refractivity contribution in [2.75, 3.05) is 11.9 Å². The molecule has 5 nitrogen and oxygen atoms in total. The lowest BCUT2D eigenvalue weighted by atomic mass is 10.1. The summed E-state index contributed by atoms with van der Waals surface area (Å²) in [6.45, 7) is 2.78. The van der Waals surface area contributed by atoms with E-state index >= 15 is 0 Å². The van der Waals surface area contributed by atoms with Crippen LogP contribution in [-0.2, 0) is 30.7 Å². The van der Waals surface area contributed by atoms with Gasteiger partial charge in [0.15, 0.2) is 5.13 Å². The molecule has 1 unspecified atom stereocenters. The molecule has 0 aliphatic carbocycles. The number of hydrogen-bond acceptors (Lipinski definition) is 5. The van der Waals surface area contributed by atoms with Crippen molar-refractivity contribution in [2.45, 2.75) is 32.0 Å². The van der Waals surface area contributed by atoms with Crippen molar-refractivity contribution < 1.29 is 4.79 Å². The van der Waals surface area contributed by atoms with Crippen LogP contribution in [0.1, 0.15) is 21.7 Å². The van der Waals surface area contributed by atoms with E-state index in [0.29, 0.717) is 11.6 Å². The second-order valence-electron chi connectivity index (χ2n) is 7.12. The molecule has 0 fully saturated rings. The van der Waals surface area contributed by atoms with E-state index in [1.54, 1.807) is 11.3 Å². The van der Waals surface area contributed by atoms with E-state index in [9.17, 15) is 4.79 Å². The topological polar surface area (TPSA) is 71.2 Å². The highest BCUT2D eigenvalue weighted by Crippen LogP contribution is 2.29. The first kappa shape index (κ1) is 18.8. The van der Waals surface area contributed by atoms with Gasteiger partial charge >= 0.3 is 0 Å². The number of nitrogens with two attached hydrogens (primary N) is 1. The summed E-state index contributed by atoms with van der Waals surface area (Å²) >= 11 is 1.56. The number of nitrogens with zero attached hydrogens (tertiary/aromatic N) is 2. The summed E-state index contributed by atoms with van der Waals surface area (Å²) in [6, 6.07) is 19.7. The minimum atomic E-state index is -0.585. The Morgan fingerprint density at radius 2 is 1.79 bits per heavy atom. The van der Waals surface area contributed by atoms with E-state index in [1.165, 1.54) is 10.4 Å². The number of hydrogen-bond donors (Lipinski definition) is 2. The van der Waals surface area contributed by atoms with Gasteiger partial charge in [-0.1, -0.05) is 60.7 Å². The van der Waals surface area contributed by atoms with Crippen LogP contribution in [0.2, 0.25) is 0 Å². The van der Waals surface area contributed by atoms with Gasteiger partial charge in [0.2, 0.25) is 5.91 Å². The second-order valence-corrected chi connectivity index (χ2v) is 8.20. The zero-order valence-electron chi connectivity index (χ0n) is 15.7. The fraction of sp³-hybridized carbons (Fsp3) is 0.273. The van der Waals surface area contributed by atoms with Gasteiger partial charge in [0.1, 0.15) is 0 Å².